The van der Waals surface area contributed by atoms with Crippen LogP contribution >= 0.6 is 0 Å². The molecule has 0 aliphatic carbocycles. The lowest BCUT2D eigenvalue weighted by Gasteiger charge is -2.12. The lowest BCUT2D eigenvalue weighted by Crippen LogP contribution is -2.19. The van der Waals surface area contributed by atoms with Gasteiger partial charge < -0.3 is 10.0 Å². The molecule has 0 spiro atoms. The van der Waals surface area contributed by atoms with Gasteiger partial charge in [0.2, 0.25) is 0 Å². The highest BCUT2D eigenvalue weighted by Gasteiger charge is 2.15. The Morgan fingerprint density at radius 1 is 1.40 bits per heavy atom. The van der Waals surface area contributed by atoms with Crippen LogP contribution in [-0.4, -0.2) is 46.4 Å². The predicted octanol–water partition coefficient (Wildman–Crippen LogP) is 2.42. The molecular formula is C15H21N3O2. The number of rotatable bonds is 5. The molecule has 1 aromatic heterocycles. The van der Waals surface area contributed by atoms with Crippen LogP contribution in [0.3, 0.4) is 0 Å². The van der Waals surface area contributed by atoms with E-state index in [2.05, 4.69) is 23.8 Å². The van der Waals surface area contributed by atoms with Crippen molar-refractivity contribution in [3.8, 4) is 0 Å². The van der Waals surface area contributed by atoms with E-state index in [4.69, 9.17) is 0 Å². The summed E-state index contributed by atoms with van der Waals surface area (Å²) < 4.78 is 1.88. The molecule has 2 aromatic rings. The Morgan fingerprint density at radius 3 is 2.65 bits per heavy atom. The third-order valence-electron chi connectivity index (χ3n) is 3.42. The summed E-state index contributed by atoms with van der Waals surface area (Å²) in [6.07, 6.45) is 1.84. The third kappa shape index (κ3) is 2.82. The van der Waals surface area contributed by atoms with Crippen molar-refractivity contribution < 1.29 is 9.90 Å². The minimum Gasteiger partial charge on any atom is -0.478 e. The van der Waals surface area contributed by atoms with E-state index in [9.17, 15) is 9.90 Å². The summed E-state index contributed by atoms with van der Waals surface area (Å²) in [4.78, 5) is 13.4. The number of benzene rings is 1. The summed E-state index contributed by atoms with van der Waals surface area (Å²) in [7, 11) is 4.02. The van der Waals surface area contributed by atoms with Crippen molar-refractivity contribution >= 4 is 16.9 Å². The van der Waals surface area contributed by atoms with E-state index >= 15 is 0 Å². The number of carboxylic acids is 1. The fourth-order valence-electron chi connectivity index (χ4n) is 2.28. The van der Waals surface area contributed by atoms with Gasteiger partial charge in [0.1, 0.15) is 0 Å². The zero-order chi connectivity index (χ0) is 14.9. The van der Waals surface area contributed by atoms with E-state index in [1.165, 1.54) is 0 Å². The Kier molecular flexibility index (Phi) is 4.09. The van der Waals surface area contributed by atoms with Gasteiger partial charge in [-0.15, -0.1) is 0 Å². The maximum absolute atomic E-state index is 11.3. The minimum absolute atomic E-state index is 0.267. The lowest BCUT2D eigenvalue weighted by atomic mass is 9.97. The molecule has 0 bridgehead atoms. The van der Waals surface area contributed by atoms with Gasteiger partial charge in [-0.3, -0.25) is 4.68 Å². The summed E-state index contributed by atoms with van der Waals surface area (Å²) in [5.41, 5.74) is 2.26. The highest BCUT2D eigenvalue weighted by Crippen LogP contribution is 2.27. The van der Waals surface area contributed by atoms with Crippen LogP contribution in [0.25, 0.3) is 10.9 Å². The second-order valence-electron chi connectivity index (χ2n) is 5.63. The average molecular weight is 275 g/mol. The second-order valence-corrected chi connectivity index (χ2v) is 5.63. The molecule has 0 radical (unpaired) electrons. The lowest BCUT2D eigenvalue weighted by molar-refractivity contribution is 0.0697. The summed E-state index contributed by atoms with van der Waals surface area (Å²) in [6.45, 7) is 5.75. The number of carbonyl (C=O) groups is 1. The number of hydrogen-bond acceptors (Lipinski definition) is 3. The fraction of sp³-hybridized carbons (Fsp3) is 0.467. The predicted molar refractivity (Wildman–Crippen MR) is 79.3 cm³/mol. The van der Waals surface area contributed by atoms with Gasteiger partial charge >= 0.3 is 5.97 Å². The first-order valence-electron chi connectivity index (χ1n) is 6.77. The van der Waals surface area contributed by atoms with Gasteiger partial charge in [0.15, 0.2) is 0 Å². The number of aromatic carboxylic acids is 1. The molecule has 1 aromatic carbocycles. The highest BCUT2D eigenvalue weighted by molar-refractivity contribution is 5.95. The van der Waals surface area contributed by atoms with E-state index in [0.717, 1.165) is 29.6 Å². The van der Waals surface area contributed by atoms with Crippen LogP contribution in [0, 0.1) is 0 Å². The Hall–Kier alpha value is -1.88. The van der Waals surface area contributed by atoms with E-state index < -0.39 is 5.97 Å². The Balaban J connectivity index is 2.55. The second kappa shape index (κ2) is 5.63. The molecular weight excluding hydrogens is 254 g/mol. The van der Waals surface area contributed by atoms with Crippen molar-refractivity contribution in [1.82, 2.24) is 14.7 Å². The van der Waals surface area contributed by atoms with E-state index in [1.54, 1.807) is 12.1 Å². The molecule has 20 heavy (non-hydrogen) atoms. The van der Waals surface area contributed by atoms with Crippen LogP contribution in [0.4, 0.5) is 0 Å². The van der Waals surface area contributed by atoms with Gasteiger partial charge in [-0.05, 0) is 37.7 Å². The number of aromatic nitrogens is 2. The van der Waals surface area contributed by atoms with Gasteiger partial charge in [-0.2, -0.15) is 5.10 Å². The Labute approximate surface area is 118 Å². The van der Waals surface area contributed by atoms with E-state index in [0.29, 0.717) is 5.56 Å². The molecule has 0 fully saturated rings. The molecule has 5 heteroatoms. The van der Waals surface area contributed by atoms with Crippen molar-refractivity contribution in [3.05, 3.63) is 29.5 Å². The summed E-state index contributed by atoms with van der Waals surface area (Å²) in [5.74, 6) is -0.627. The Bertz CT molecular complexity index is 629. The molecule has 1 N–H and O–H groups in total. The van der Waals surface area contributed by atoms with Crippen molar-refractivity contribution in [3.63, 3.8) is 0 Å². The van der Waals surface area contributed by atoms with Crippen LogP contribution in [-0.2, 0) is 6.54 Å². The molecule has 0 aliphatic heterocycles. The largest absolute Gasteiger partial charge is 0.478 e. The molecule has 0 unspecified atom stereocenters. The maximum atomic E-state index is 11.3. The van der Waals surface area contributed by atoms with Gasteiger partial charge in [0.05, 0.1) is 23.8 Å². The van der Waals surface area contributed by atoms with Crippen LogP contribution < -0.4 is 0 Å². The van der Waals surface area contributed by atoms with Crippen LogP contribution in [0.2, 0.25) is 0 Å². The smallest absolute Gasteiger partial charge is 0.335 e. The quantitative estimate of drug-likeness (QED) is 0.910. The summed E-state index contributed by atoms with van der Waals surface area (Å²) in [5, 5.41) is 14.7. The number of fused-ring (bicyclic) bond motifs is 1. The first-order chi connectivity index (χ1) is 9.40. The van der Waals surface area contributed by atoms with Crippen LogP contribution in [0.1, 0.15) is 35.7 Å². The average Bonchev–Trinajstić information content (AvgIpc) is 2.77. The first-order valence-corrected chi connectivity index (χ1v) is 6.77. The summed E-state index contributed by atoms with van der Waals surface area (Å²) in [6, 6.07) is 3.47. The monoisotopic (exact) mass is 275 g/mol. The molecule has 2 rings (SSSR count). The molecule has 0 amide bonds. The summed E-state index contributed by atoms with van der Waals surface area (Å²) >= 11 is 0. The highest BCUT2D eigenvalue weighted by atomic mass is 16.4. The van der Waals surface area contributed by atoms with Gasteiger partial charge in [0.25, 0.3) is 0 Å². The first kappa shape index (κ1) is 14.5. The Morgan fingerprint density at radius 2 is 2.10 bits per heavy atom. The van der Waals surface area contributed by atoms with Crippen LogP contribution in [0.5, 0.6) is 0 Å². The molecule has 0 saturated heterocycles. The standard InChI is InChI=1S/C15H21N3O2/c1-10(2)12-7-11(15(19)20)8-14-13(12)9-16-18(14)6-5-17(3)4/h7-10H,5-6H2,1-4H3,(H,19,20). The molecule has 0 atom stereocenters. The number of carboxylic acid groups (broad SMARTS) is 1. The molecule has 108 valence electrons. The molecule has 0 saturated carbocycles. The number of nitrogens with zero attached hydrogens (tertiary/aromatic N) is 3. The molecule has 1 heterocycles. The topological polar surface area (TPSA) is 58.4 Å². The van der Waals surface area contributed by atoms with Gasteiger partial charge in [-0.1, -0.05) is 13.8 Å². The number of hydrogen-bond donors (Lipinski definition) is 1. The van der Waals surface area contributed by atoms with Crippen molar-refractivity contribution in [2.75, 3.05) is 20.6 Å². The third-order valence-corrected chi connectivity index (χ3v) is 3.42. The SMILES string of the molecule is CC(C)c1cc(C(=O)O)cc2c1cnn2CCN(C)C. The van der Waals surface area contributed by atoms with Gasteiger partial charge in [0, 0.05) is 11.9 Å². The fourth-order valence-corrected chi connectivity index (χ4v) is 2.28. The number of likely N-dealkylation sites (N-methyl/N-ethyl adjacent to an activating group) is 1. The minimum atomic E-state index is -0.894. The van der Waals surface area contributed by atoms with Crippen LogP contribution in [0.15, 0.2) is 18.3 Å². The zero-order valence-electron chi connectivity index (χ0n) is 12.4. The zero-order valence-corrected chi connectivity index (χ0v) is 12.4. The van der Waals surface area contributed by atoms with E-state index in [-0.39, 0.29) is 5.92 Å². The normalized spacial score (nSPS) is 11.7. The van der Waals surface area contributed by atoms with Crippen molar-refractivity contribution in [1.29, 1.82) is 0 Å². The molecule has 5 nitrogen and oxygen atoms in total. The van der Waals surface area contributed by atoms with Crippen molar-refractivity contribution in [2.24, 2.45) is 0 Å². The van der Waals surface area contributed by atoms with E-state index in [1.807, 2.05) is 25.0 Å². The molecule has 0 aliphatic rings. The van der Waals surface area contributed by atoms with Gasteiger partial charge in [-0.25, -0.2) is 4.79 Å². The van der Waals surface area contributed by atoms with Crippen molar-refractivity contribution in [2.45, 2.75) is 26.3 Å². The maximum Gasteiger partial charge on any atom is 0.335 e.